The smallest absolute Gasteiger partial charge is 0.333 e. The highest BCUT2D eigenvalue weighted by Crippen LogP contribution is 2.27. The third kappa shape index (κ3) is 3.60. The van der Waals surface area contributed by atoms with E-state index < -0.39 is 17.8 Å². The van der Waals surface area contributed by atoms with E-state index in [2.05, 4.69) is 0 Å². The van der Waals surface area contributed by atoms with E-state index in [4.69, 9.17) is 16.3 Å². The fourth-order valence-electron chi connectivity index (χ4n) is 2.54. The molecular weight excluding hydrogens is 329 g/mol. The van der Waals surface area contributed by atoms with Gasteiger partial charge < -0.3 is 9.30 Å². The van der Waals surface area contributed by atoms with Crippen molar-refractivity contribution in [1.29, 1.82) is 0 Å². The van der Waals surface area contributed by atoms with E-state index in [1.54, 1.807) is 10.8 Å². The Morgan fingerprint density at radius 2 is 2.08 bits per heavy atom. The molecule has 3 nitrogen and oxygen atoms in total. The summed E-state index contributed by atoms with van der Waals surface area (Å²) in [6, 6.07) is 5.09. The van der Waals surface area contributed by atoms with Gasteiger partial charge in [0.15, 0.2) is 6.04 Å². The number of aromatic nitrogens is 1. The molecule has 1 atom stereocenters. The summed E-state index contributed by atoms with van der Waals surface area (Å²) in [7, 11) is 1.32. The molecule has 0 aliphatic carbocycles. The molecule has 2 aromatic rings. The quantitative estimate of drug-likeness (QED) is 0.795. The number of halogens is 2. The summed E-state index contributed by atoms with van der Waals surface area (Å²) in [5, 5.41) is 1.99. The Balaban J connectivity index is 2.76. The molecule has 0 bridgehead atoms. The van der Waals surface area contributed by atoms with Crippen molar-refractivity contribution in [3.8, 4) is 0 Å². The molecule has 0 aliphatic rings. The van der Waals surface area contributed by atoms with Crippen LogP contribution in [0, 0.1) is 5.82 Å². The number of esters is 1. The fourth-order valence-corrected chi connectivity index (χ4v) is 2.81. The lowest BCUT2D eigenvalue weighted by Crippen LogP contribution is -2.35. The Morgan fingerprint density at radius 1 is 1.33 bits per heavy atom. The first-order valence-corrected chi connectivity index (χ1v) is 7.90. The maximum Gasteiger partial charge on any atom is 0.333 e. The van der Waals surface area contributed by atoms with Crippen LogP contribution in [-0.4, -0.2) is 17.6 Å². The van der Waals surface area contributed by atoms with Gasteiger partial charge in [-0.2, -0.15) is 0 Å². The molecule has 0 saturated carbocycles. The monoisotopic (exact) mass is 347 g/mol. The van der Waals surface area contributed by atoms with Crippen LogP contribution in [0.4, 0.5) is 4.39 Å². The van der Waals surface area contributed by atoms with Gasteiger partial charge in [-0.05, 0) is 43.3 Å². The minimum absolute atomic E-state index is 0.179. The van der Waals surface area contributed by atoms with E-state index in [-0.39, 0.29) is 5.02 Å². The summed E-state index contributed by atoms with van der Waals surface area (Å²) >= 11 is 6.18. The van der Waals surface area contributed by atoms with Gasteiger partial charge in [0.05, 0.1) is 7.11 Å². The SMILES string of the molecule is C\C=C/C=c1\c(=C/C)ccn1C(C(=O)OC)c1ccc(F)cc1Cl. The number of allylic oxidation sites excluding steroid dienone is 2. The molecular formula is C19H19ClFNO2. The normalized spacial score (nSPS) is 14.4. The standard InChI is InChI=1S/C19H19ClFNO2/c1-4-6-7-17-13(5-2)10-11-22(17)18(19(23)24-3)15-9-8-14(21)12-16(15)20/h4-12,18H,1-3H3/b6-4-,13-5-,17-7+. The number of benzene rings is 1. The Labute approximate surface area is 145 Å². The molecule has 2 rings (SSSR count). The first-order chi connectivity index (χ1) is 11.5. The molecule has 5 heteroatoms. The number of hydrogen-bond donors (Lipinski definition) is 0. The van der Waals surface area contributed by atoms with E-state index in [0.29, 0.717) is 5.56 Å². The summed E-state index contributed by atoms with van der Waals surface area (Å²) in [4.78, 5) is 12.4. The highest BCUT2D eigenvalue weighted by atomic mass is 35.5. The van der Waals surface area contributed by atoms with Crippen LogP contribution in [0.5, 0.6) is 0 Å². The summed E-state index contributed by atoms with van der Waals surface area (Å²) in [6.45, 7) is 3.83. The average Bonchev–Trinajstić information content (AvgIpc) is 2.97. The van der Waals surface area contributed by atoms with E-state index in [1.807, 2.05) is 44.2 Å². The lowest BCUT2D eigenvalue weighted by molar-refractivity contribution is -0.143. The Kier molecular flexibility index (Phi) is 5.99. The number of carbonyl (C=O) groups excluding carboxylic acids is 1. The second-order valence-electron chi connectivity index (χ2n) is 5.14. The van der Waals surface area contributed by atoms with Crippen LogP contribution in [0.2, 0.25) is 5.02 Å². The average molecular weight is 348 g/mol. The second kappa shape index (κ2) is 7.97. The number of nitrogens with zero attached hydrogens (tertiary/aromatic N) is 1. The predicted octanol–water partition coefficient (Wildman–Crippen LogP) is 3.20. The fraction of sp³-hybridized carbons (Fsp3) is 0.211. The van der Waals surface area contributed by atoms with Crippen molar-refractivity contribution in [1.82, 2.24) is 4.57 Å². The predicted molar refractivity (Wildman–Crippen MR) is 94.7 cm³/mol. The summed E-state index contributed by atoms with van der Waals surface area (Å²) in [6.07, 6.45) is 9.44. The van der Waals surface area contributed by atoms with Crippen molar-refractivity contribution in [2.45, 2.75) is 19.9 Å². The Hall–Kier alpha value is -2.33. The van der Waals surface area contributed by atoms with E-state index >= 15 is 0 Å². The van der Waals surface area contributed by atoms with Gasteiger partial charge in [0.2, 0.25) is 0 Å². The molecule has 1 unspecified atom stereocenters. The lowest BCUT2D eigenvalue weighted by atomic mass is 10.1. The topological polar surface area (TPSA) is 31.2 Å². The Bertz CT molecular complexity index is 883. The van der Waals surface area contributed by atoms with Crippen LogP contribution < -0.4 is 10.6 Å². The van der Waals surface area contributed by atoms with Crippen LogP contribution >= 0.6 is 11.6 Å². The van der Waals surface area contributed by atoms with Crippen molar-refractivity contribution in [2.24, 2.45) is 0 Å². The first-order valence-electron chi connectivity index (χ1n) is 7.52. The molecule has 0 aliphatic heterocycles. The number of carbonyl (C=O) groups is 1. The van der Waals surface area contributed by atoms with Crippen molar-refractivity contribution in [3.63, 3.8) is 0 Å². The number of hydrogen-bond acceptors (Lipinski definition) is 2. The minimum Gasteiger partial charge on any atom is -0.467 e. The van der Waals surface area contributed by atoms with Crippen LogP contribution in [0.1, 0.15) is 25.5 Å². The zero-order valence-electron chi connectivity index (χ0n) is 13.8. The highest BCUT2D eigenvalue weighted by molar-refractivity contribution is 6.31. The first kappa shape index (κ1) is 18.0. The molecule has 0 spiro atoms. The molecule has 126 valence electrons. The zero-order chi connectivity index (χ0) is 17.7. The summed E-state index contributed by atoms with van der Waals surface area (Å²) in [5.41, 5.74) is 0.485. The molecule has 0 fully saturated rings. The van der Waals surface area contributed by atoms with Crippen LogP contribution in [0.3, 0.4) is 0 Å². The summed E-state index contributed by atoms with van der Waals surface area (Å²) < 4.78 is 20.1. The van der Waals surface area contributed by atoms with Gasteiger partial charge in [-0.15, -0.1) is 0 Å². The van der Waals surface area contributed by atoms with E-state index in [1.165, 1.54) is 25.3 Å². The van der Waals surface area contributed by atoms with Gasteiger partial charge in [-0.25, -0.2) is 9.18 Å². The van der Waals surface area contributed by atoms with Gasteiger partial charge in [0.25, 0.3) is 0 Å². The molecule has 0 N–H and O–H groups in total. The molecule has 24 heavy (non-hydrogen) atoms. The molecule has 0 amide bonds. The maximum atomic E-state index is 13.4. The van der Waals surface area contributed by atoms with E-state index in [9.17, 15) is 9.18 Å². The maximum absolute atomic E-state index is 13.4. The molecule has 0 saturated heterocycles. The number of rotatable bonds is 4. The van der Waals surface area contributed by atoms with Crippen LogP contribution in [0.15, 0.2) is 42.6 Å². The van der Waals surface area contributed by atoms with Gasteiger partial charge in [0.1, 0.15) is 5.82 Å². The second-order valence-corrected chi connectivity index (χ2v) is 5.54. The van der Waals surface area contributed by atoms with Crippen molar-refractivity contribution < 1.29 is 13.9 Å². The third-order valence-electron chi connectivity index (χ3n) is 3.71. The zero-order valence-corrected chi connectivity index (χ0v) is 14.5. The number of ether oxygens (including phenoxy) is 1. The molecule has 0 radical (unpaired) electrons. The largest absolute Gasteiger partial charge is 0.467 e. The molecule has 1 aromatic heterocycles. The van der Waals surface area contributed by atoms with Gasteiger partial charge in [0, 0.05) is 22.1 Å². The van der Waals surface area contributed by atoms with E-state index in [0.717, 1.165) is 10.6 Å². The van der Waals surface area contributed by atoms with Crippen LogP contribution in [0.25, 0.3) is 12.2 Å². The van der Waals surface area contributed by atoms with Crippen molar-refractivity contribution in [3.05, 3.63) is 69.6 Å². The third-order valence-corrected chi connectivity index (χ3v) is 4.03. The Morgan fingerprint density at radius 3 is 2.67 bits per heavy atom. The molecule has 1 heterocycles. The summed E-state index contributed by atoms with van der Waals surface area (Å²) in [5.74, 6) is -0.931. The highest BCUT2D eigenvalue weighted by Gasteiger charge is 2.26. The minimum atomic E-state index is -0.798. The van der Waals surface area contributed by atoms with Crippen LogP contribution in [-0.2, 0) is 9.53 Å². The van der Waals surface area contributed by atoms with Gasteiger partial charge in [-0.3, -0.25) is 0 Å². The van der Waals surface area contributed by atoms with Gasteiger partial charge in [-0.1, -0.05) is 35.9 Å². The van der Waals surface area contributed by atoms with Crippen molar-refractivity contribution >= 4 is 29.7 Å². The number of methoxy groups -OCH3 is 1. The lowest BCUT2D eigenvalue weighted by Gasteiger charge is -2.19. The van der Waals surface area contributed by atoms with Crippen molar-refractivity contribution in [2.75, 3.05) is 7.11 Å². The molecule has 1 aromatic carbocycles. The van der Waals surface area contributed by atoms with Gasteiger partial charge >= 0.3 is 5.97 Å².